The quantitative estimate of drug-likeness (QED) is 0.0619. The average Bonchev–Trinajstić information content (AvgIpc) is 3.60. The van der Waals surface area contributed by atoms with Gasteiger partial charge in [0.25, 0.3) is 5.91 Å². The van der Waals surface area contributed by atoms with E-state index in [4.69, 9.17) is 18.9 Å². The second-order valence-corrected chi connectivity index (χ2v) is 16.9. The molecule has 2 fully saturated rings. The second kappa shape index (κ2) is 34.0. The number of carbonyl (C=O) groups excluding carboxylic acids is 1. The Kier molecular flexibility index (Phi) is 28.8. The third-order valence-electron chi connectivity index (χ3n) is 10.3. The Labute approximate surface area is 401 Å². The lowest BCUT2D eigenvalue weighted by Crippen LogP contribution is -2.53. The summed E-state index contributed by atoms with van der Waals surface area (Å²) in [4.78, 5) is 13.2. The molecule has 8 atom stereocenters. The van der Waals surface area contributed by atoms with Crippen LogP contribution in [0.3, 0.4) is 0 Å². The third kappa shape index (κ3) is 27.0. The fourth-order valence-electron chi connectivity index (χ4n) is 6.67. The Hall–Kier alpha value is -6.36. The molecule has 10 nitrogen and oxygen atoms in total. The molecule has 348 valence electrons. The van der Waals surface area contributed by atoms with Crippen LogP contribution >= 0.6 is 0 Å². The van der Waals surface area contributed by atoms with Crippen molar-refractivity contribution < 1.29 is 40.9 Å². The molecule has 2 saturated heterocycles. The number of allylic oxidation sites excluding steroid dienone is 1. The van der Waals surface area contributed by atoms with Crippen LogP contribution in [0.15, 0.2) is 12.2 Å². The van der Waals surface area contributed by atoms with Crippen molar-refractivity contribution in [3.63, 3.8) is 0 Å². The van der Waals surface area contributed by atoms with Crippen LogP contribution in [0.1, 0.15) is 119 Å². The van der Waals surface area contributed by atoms with Crippen molar-refractivity contribution in [3.05, 3.63) is 12.2 Å². The van der Waals surface area contributed by atoms with Gasteiger partial charge in [-0.15, -0.1) is 0 Å². The van der Waals surface area contributed by atoms with Gasteiger partial charge < -0.3 is 24.3 Å². The zero-order chi connectivity index (χ0) is 49.0. The smallest absolute Gasteiger partial charge is 0.350 e. The molecule has 67 heavy (non-hydrogen) atoms. The molecule has 2 heterocycles. The van der Waals surface area contributed by atoms with E-state index < -0.39 is 52.7 Å². The topological polar surface area (TPSA) is 130 Å². The summed E-state index contributed by atoms with van der Waals surface area (Å²) >= 11 is 0. The largest absolute Gasteiger partial charge is 0.397 e. The van der Waals surface area contributed by atoms with Gasteiger partial charge in [-0.25, -0.2) is 4.18 Å². The molecule has 2 unspecified atom stereocenters. The highest BCUT2D eigenvalue weighted by atomic mass is 32.3. The monoisotopic (exact) mass is 921 g/mol. The van der Waals surface area contributed by atoms with Crippen LogP contribution in [0.5, 0.6) is 0 Å². The summed E-state index contributed by atoms with van der Waals surface area (Å²) in [6.07, 6.45) is 14.8. The minimum atomic E-state index is -4.68. The lowest BCUT2D eigenvalue weighted by atomic mass is 9.79. The minimum absolute atomic E-state index is 0.0309. The third-order valence-corrected chi connectivity index (χ3v) is 10.8. The van der Waals surface area contributed by atoms with Crippen LogP contribution in [0.2, 0.25) is 0 Å². The molecule has 2 N–H and O–H groups in total. The van der Waals surface area contributed by atoms with Gasteiger partial charge in [0, 0.05) is 47.4 Å². The Morgan fingerprint density at radius 2 is 1.13 bits per heavy atom. The summed E-state index contributed by atoms with van der Waals surface area (Å²) < 4.78 is 61.7. The van der Waals surface area contributed by atoms with E-state index in [0.717, 1.165) is 19.3 Å². The summed E-state index contributed by atoms with van der Waals surface area (Å²) in [7, 11) is -4.68. The van der Waals surface area contributed by atoms with Crippen LogP contribution in [0.25, 0.3) is 0 Å². The predicted molar refractivity (Wildman–Crippen MR) is 260 cm³/mol. The first-order valence-corrected chi connectivity index (χ1v) is 23.8. The highest BCUT2D eigenvalue weighted by Gasteiger charge is 2.46. The number of carbonyl (C=O) groups is 1. The maximum absolute atomic E-state index is 13.2. The molecule has 0 aromatic heterocycles. The van der Waals surface area contributed by atoms with Crippen molar-refractivity contribution in [1.29, 1.82) is 0 Å². The van der Waals surface area contributed by atoms with Gasteiger partial charge >= 0.3 is 10.4 Å². The van der Waals surface area contributed by atoms with Crippen LogP contribution in [0.4, 0.5) is 0 Å². The maximum Gasteiger partial charge on any atom is 0.397 e. The molecule has 2 rings (SSSR count). The first kappa shape index (κ1) is 56.8. The number of ether oxygens (including phenoxy) is 4. The number of hydrogen-bond donors (Lipinski definition) is 2. The van der Waals surface area contributed by atoms with Gasteiger partial charge in [0.15, 0.2) is 12.1 Å². The van der Waals surface area contributed by atoms with Crippen molar-refractivity contribution in [2.75, 3.05) is 13.2 Å². The first-order chi connectivity index (χ1) is 32.3. The second-order valence-electron chi connectivity index (χ2n) is 15.8. The molecule has 1 amide bonds. The highest BCUT2D eigenvalue weighted by Crippen LogP contribution is 2.37. The lowest BCUT2D eigenvalue weighted by molar-refractivity contribution is -0.256. The number of unbranched alkanes of at least 4 members (excludes halogenated alkanes) is 10. The molecule has 2 aliphatic heterocycles. The molecule has 0 aromatic rings. The van der Waals surface area contributed by atoms with Crippen molar-refractivity contribution in [2.24, 2.45) is 17.8 Å². The van der Waals surface area contributed by atoms with Crippen molar-refractivity contribution >= 4 is 16.3 Å². The maximum atomic E-state index is 13.2. The Bertz CT molecular complexity index is 2590. The van der Waals surface area contributed by atoms with Crippen LogP contribution < -0.4 is 5.32 Å². The summed E-state index contributed by atoms with van der Waals surface area (Å²) in [5, 5.41) is 2.92. The van der Waals surface area contributed by atoms with E-state index in [1.165, 1.54) is 51.4 Å². The van der Waals surface area contributed by atoms with Crippen LogP contribution in [-0.4, -0.2) is 68.5 Å². The summed E-state index contributed by atoms with van der Waals surface area (Å²) in [5.74, 6) is 58.8. The zero-order valence-electron chi connectivity index (χ0n) is 39.6. The SMILES string of the molecule is CC#CC#CC#CC#CC#CC#CC#CC#CC#CC#CC#CC#CC(=O)N[C@@H](CO[C@H]1OC(COS(=O)(=O)O)[C@H](C)[C@H](C)C1C)[C@@H]1OC(C)(C)O[C@@H]1C=CCCCCCCCCCCCC. The van der Waals surface area contributed by atoms with Gasteiger partial charge in [0.1, 0.15) is 12.2 Å². The number of hydrogen-bond acceptors (Lipinski definition) is 8. The number of amides is 1. The summed E-state index contributed by atoms with van der Waals surface area (Å²) in [6, 6.07) is -0.758. The van der Waals surface area contributed by atoms with Gasteiger partial charge in [0.2, 0.25) is 0 Å². The Balaban J connectivity index is 2.11. The molecule has 0 bridgehead atoms. The molecule has 0 aromatic carbocycles. The van der Waals surface area contributed by atoms with Crippen LogP contribution in [0, 0.1) is 160 Å². The summed E-state index contributed by atoms with van der Waals surface area (Å²) in [5.41, 5.74) is 0. The highest BCUT2D eigenvalue weighted by molar-refractivity contribution is 7.80. The van der Waals surface area contributed by atoms with Gasteiger partial charge in [-0.1, -0.05) is 104 Å². The molecule has 0 spiro atoms. The predicted octanol–water partition coefficient (Wildman–Crippen LogP) is 6.39. The average molecular weight is 922 g/mol. The normalized spacial score (nSPS) is 20.7. The van der Waals surface area contributed by atoms with Crippen molar-refractivity contribution in [1.82, 2.24) is 5.32 Å². The van der Waals surface area contributed by atoms with Gasteiger partial charge in [0.05, 0.1) is 25.4 Å². The van der Waals surface area contributed by atoms with Crippen molar-refractivity contribution in [2.45, 2.75) is 156 Å². The Morgan fingerprint density at radius 3 is 1.61 bits per heavy atom. The summed E-state index contributed by atoms with van der Waals surface area (Å²) in [6.45, 7) is 13.0. The lowest BCUT2D eigenvalue weighted by Gasteiger charge is -2.43. The fraction of sp³-hybridized carbons (Fsp3) is 0.518. The number of nitrogens with one attached hydrogen (secondary N) is 1. The van der Waals surface area contributed by atoms with E-state index in [2.05, 4.69) is 165 Å². The van der Waals surface area contributed by atoms with E-state index in [-0.39, 0.29) is 31.0 Å². The van der Waals surface area contributed by atoms with Gasteiger partial charge in [-0.2, -0.15) is 8.42 Å². The van der Waals surface area contributed by atoms with E-state index in [9.17, 15) is 17.8 Å². The van der Waals surface area contributed by atoms with E-state index in [1.54, 1.807) is 6.92 Å². The van der Waals surface area contributed by atoms with E-state index in [0.29, 0.717) is 0 Å². The van der Waals surface area contributed by atoms with Gasteiger partial charge in [-0.05, 0) is 140 Å². The molecular formula is C56H59NO9S. The van der Waals surface area contributed by atoms with E-state index in [1.807, 2.05) is 40.7 Å². The van der Waals surface area contributed by atoms with Crippen molar-refractivity contribution in [3.8, 4) is 142 Å². The van der Waals surface area contributed by atoms with E-state index >= 15 is 0 Å². The van der Waals surface area contributed by atoms with Crippen LogP contribution in [-0.2, 0) is 38.3 Å². The molecule has 0 saturated carbocycles. The minimum Gasteiger partial charge on any atom is -0.350 e. The Morgan fingerprint density at radius 1 is 0.672 bits per heavy atom. The number of rotatable bonds is 20. The zero-order valence-corrected chi connectivity index (χ0v) is 40.4. The standard InChI is InChI=1S/C56H59NO9S/c1-8-10-12-14-16-18-20-22-23-24-25-26-27-28-29-30-31-32-34-36-38-40-42-44-53(58)57-50(45-62-55-49(5)47(3)48(4)52(64-55)46-63-67(59,60)61)54-51(65-56(6,7)66-54)43-41-39-37-35-33-21-19-17-15-13-11-9-2/h41,43,47-52,54-55H,9,11,13,15,17,19,21,33,35,37,39,45-46H2,1-7H3,(H,57,58)(H,59,60,61)/t47-,48+,49?,50-,51+,52?,54-,55-/m0/s1. The molecule has 2 aliphatic rings. The molecular weight excluding hydrogens is 863 g/mol. The first-order valence-electron chi connectivity index (χ1n) is 22.4. The molecule has 0 aliphatic carbocycles. The molecule has 0 radical (unpaired) electrons. The van der Waals surface area contributed by atoms with Gasteiger partial charge in [-0.3, -0.25) is 9.35 Å². The molecule has 11 heteroatoms. The fourth-order valence-corrected chi connectivity index (χ4v) is 6.98.